The van der Waals surface area contributed by atoms with Crippen LogP contribution in [-0.4, -0.2) is 45.8 Å². The molecule has 1 aliphatic rings. The summed E-state index contributed by atoms with van der Waals surface area (Å²) in [6.45, 7) is 2.23. The quantitative estimate of drug-likeness (QED) is 0.284. The monoisotopic (exact) mass is 415 g/mol. The Hall–Kier alpha value is -3.24. The third-order valence-corrected chi connectivity index (χ3v) is 5.65. The Labute approximate surface area is 181 Å². The number of carbonyl (C=O) groups is 1. The lowest BCUT2D eigenvalue weighted by Gasteiger charge is -2.24. The summed E-state index contributed by atoms with van der Waals surface area (Å²) in [6.07, 6.45) is 2.78. The van der Waals surface area contributed by atoms with Gasteiger partial charge in [0.1, 0.15) is 5.92 Å². The number of para-hydroxylation sites is 1. The Morgan fingerprint density at radius 2 is 1.87 bits per heavy atom. The number of aromatic nitrogens is 1. The van der Waals surface area contributed by atoms with Gasteiger partial charge in [-0.15, -0.1) is 0 Å². The highest BCUT2D eigenvalue weighted by atomic mass is 16.5. The summed E-state index contributed by atoms with van der Waals surface area (Å²) in [5.41, 5.74) is 5.94. The summed E-state index contributed by atoms with van der Waals surface area (Å²) >= 11 is 0. The average molecular weight is 415 g/mol. The van der Waals surface area contributed by atoms with Gasteiger partial charge < -0.3 is 5.11 Å². The van der Waals surface area contributed by atoms with Crippen LogP contribution in [0.25, 0.3) is 10.9 Å². The predicted octanol–water partition coefficient (Wildman–Crippen LogP) is 2.49. The Bertz CT molecular complexity index is 1120. The van der Waals surface area contributed by atoms with Crippen molar-refractivity contribution in [2.45, 2.75) is 18.9 Å². The zero-order chi connectivity index (χ0) is 21.6. The van der Waals surface area contributed by atoms with Crippen molar-refractivity contribution in [3.8, 4) is 11.8 Å². The third-order valence-electron chi connectivity index (χ3n) is 5.65. The first-order chi connectivity index (χ1) is 15.2. The molecule has 6 heteroatoms. The van der Waals surface area contributed by atoms with E-state index >= 15 is 0 Å². The molecule has 1 amide bonds. The van der Waals surface area contributed by atoms with Crippen molar-refractivity contribution in [1.29, 1.82) is 0 Å². The smallest absolute Gasteiger partial charge is 0.260 e. The van der Waals surface area contributed by atoms with Crippen molar-refractivity contribution in [3.05, 3.63) is 77.5 Å². The van der Waals surface area contributed by atoms with Crippen molar-refractivity contribution < 1.29 is 15.1 Å². The first-order valence-corrected chi connectivity index (χ1v) is 10.4. The molecule has 3 N–H and O–H groups in total. The molecule has 1 heterocycles. The molecule has 0 saturated heterocycles. The zero-order valence-electron chi connectivity index (χ0n) is 17.2. The Kier molecular flexibility index (Phi) is 6.58. The number of hydroxylamine groups is 1. The van der Waals surface area contributed by atoms with Crippen LogP contribution in [0, 0.1) is 17.8 Å². The van der Waals surface area contributed by atoms with Gasteiger partial charge in [-0.1, -0.05) is 54.3 Å². The van der Waals surface area contributed by atoms with Crippen LogP contribution >= 0.6 is 0 Å². The van der Waals surface area contributed by atoms with E-state index in [0.717, 1.165) is 41.5 Å². The van der Waals surface area contributed by atoms with Crippen molar-refractivity contribution in [2.24, 2.45) is 5.92 Å². The number of nitrogens with zero attached hydrogens (tertiary/aromatic N) is 2. The number of amides is 1. The van der Waals surface area contributed by atoms with Gasteiger partial charge in [0.15, 0.2) is 0 Å². The Balaban J connectivity index is 1.37. The fraction of sp³-hybridized carbons (Fsp3) is 0.280. The van der Waals surface area contributed by atoms with Gasteiger partial charge in [0.25, 0.3) is 5.91 Å². The molecule has 31 heavy (non-hydrogen) atoms. The Morgan fingerprint density at radius 1 is 1.06 bits per heavy atom. The second-order valence-corrected chi connectivity index (χ2v) is 7.75. The second kappa shape index (κ2) is 9.71. The van der Waals surface area contributed by atoms with Gasteiger partial charge in [0.05, 0.1) is 18.0 Å². The summed E-state index contributed by atoms with van der Waals surface area (Å²) in [6, 6.07) is 18.3. The van der Waals surface area contributed by atoms with Gasteiger partial charge in [0.2, 0.25) is 0 Å². The molecule has 0 radical (unpaired) electrons. The molecule has 2 atom stereocenters. The van der Waals surface area contributed by atoms with Crippen LogP contribution in [0.4, 0.5) is 0 Å². The highest BCUT2D eigenvalue weighted by Gasteiger charge is 2.32. The van der Waals surface area contributed by atoms with Crippen LogP contribution in [0.15, 0.2) is 60.8 Å². The number of aliphatic hydroxyl groups is 1. The van der Waals surface area contributed by atoms with Crippen LogP contribution in [0.2, 0.25) is 0 Å². The summed E-state index contributed by atoms with van der Waals surface area (Å²) in [4.78, 5) is 18.4. The van der Waals surface area contributed by atoms with Gasteiger partial charge in [-0.3, -0.25) is 19.9 Å². The standard InChI is InChI=1S/C25H25N3O3/c29-14-13-28(12-11-19-15-21-3-1-2-4-24(21)26-16-19)17-18-5-7-20(8-6-18)22-9-10-23(22)25(30)27-31/h1-8,15-16,22-23,29,31H,11-14,17H2,(H,27,30). The van der Waals surface area contributed by atoms with E-state index in [4.69, 9.17) is 5.21 Å². The topological polar surface area (TPSA) is 85.7 Å². The first-order valence-electron chi connectivity index (χ1n) is 10.4. The lowest BCUT2D eigenvalue weighted by molar-refractivity contribution is -0.132. The maximum Gasteiger partial charge on any atom is 0.260 e. The number of nitrogens with one attached hydrogen (secondary N) is 1. The number of fused-ring (bicyclic) bond motifs is 1. The number of hydrogen-bond donors (Lipinski definition) is 3. The van der Waals surface area contributed by atoms with Crippen LogP contribution in [-0.2, 0) is 17.8 Å². The molecule has 158 valence electrons. The van der Waals surface area contributed by atoms with E-state index in [1.54, 1.807) is 5.48 Å². The molecule has 1 aliphatic carbocycles. The number of hydrogen-bond acceptors (Lipinski definition) is 5. The SMILES string of the molecule is O=C(NO)C1C#CC1c1ccc(CN(CCO)CCc2cnc3ccccc3c2)cc1. The first kappa shape index (κ1) is 21.0. The fourth-order valence-corrected chi connectivity index (χ4v) is 3.85. The van der Waals surface area contributed by atoms with Gasteiger partial charge in [-0.25, -0.2) is 5.48 Å². The van der Waals surface area contributed by atoms with Gasteiger partial charge in [0, 0.05) is 31.2 Å². The largest absolute Gasteiger partial charge is 0.395 e. The fourth-order valence-electron chi connectivity index (χ4n) is 3.85. The van der Waals surface area contributed by atoms with E-state index in [1.807, 2.05) is 48.7 Å². The molecule has 6 nitrogen and oxygen atoms in total. The second-order valence-electron chi connectivity index (χ2n) is 7.75. The molecular formula is C25H25N3O3. The third kappa shape index (κ3) is 4.92. The number of carbonyl (C=O) groups excluding carboxylic acids is 1. The number of benzene rings is 2. The van der Waals surface area contributed by atoms with E-state index < -0.39 is 11.8 Å². The maximum atomic E-state index is 11.6. The normalized spacial score (nSPS) is 17.1. The summed E-state index contributed by atoms with van der Waals surface area (Å²) < 4.78 is 0. The van der Waals surface area contributed by atoms with Gasteiger partial charge in [-0.2, -0.15) is 0 Å². The minimum Gasteiger partial charge on any atom is -0.395 e. The highest BCUT2D eigenvalue weighted by Crippen LogP contribution is 2.30. The minimum atomic E-state index is -0.502. The van der Waals surface area contributed by atoms with E-state index in [9.17, 15) is 9.90 Å². The number of rotatable bonds is 9. The lowest BCUT2D eigenvalue weighted by atomic mass is 9.79. The molecule has 1 aromatic heterocycles. The molecule has 0 fully saturated rings. The molecule has 0 spiro atoms. The molecule has 2 unspecified atom stereocenters. The minimum absolute atomic E-state index is 0.101. The van der Waals surface area contributed by atoms with Crippen molar-refractivity contribution in [2.75, 3.05) is 19.7 Å². The molecule has 0 aliphatic heterocycles. The Morgan fingerprint density at radius 3 is 2.58 bits per heavy atom. The maximum absolute atomic E-state index is 11.6. The highest BCUT2D eigenvalue weighted by molar-refractivity contribution is 5.84. The summed E-state index contributed by atoms with van der Waals surface area (Å²) in [5.74, 6) is 4.62. The molecular weight excluding hydrogens is 390 g/mol. The van der Waals surface area contributed by atoms with E-state index in [1.165, 1.54) is 5.56 Å². The number of aliphatic hydroxyl groups excluding tert-OH is 1. The van der Waals surface area contributed by atoms with Crippen LogP contribution in [0.5, 0.6) is 0 Å². The lowest BCUT2D eigenvalue weighted by Crippen LogP contribution is -2.34. The van der Waals surface area contributed by atoms with Crippen molar-refractivity contribution in [3.63, 3.8) is 0 Å². The van der Waals surface area contributed by atoms with Crippen LogP contribution < -0.4 is 5.48 Å². The van der Waals surface area contributed by atoms with E-state index in [0.29, 0.717) is 6.54 Å². The molecule has 0 saturated carbocycles. The van der Waals surface area contributed by atoms with E-state index in [-0.39, 0.29) is 12.5 Å². The van der Waals surface area contributed by atoms with E-state index in [2.05, 4.69) is 33.9 Å². The zero-order valence-corrected chi connectivity index (χ0v) is 17.2. The van der Waals surface area contributed by atoms with Crippen LogP contribution in [0.1, 0.15) is 22.6 Å². The van der Waals surface area contributed by atoms with Gasteiger partial charge >= 0.3 is 0 Å². The van der Waals surface area contributed by atoms with Crippen molar-refractivity contribution in [1.82, 2.24) is 15.4 Å². The van der Waals surface area contributed by atoms with Crippen LogP contribution in [0.3, 0.4) is 0 Å². The molecule has 3 aromatic rings. The number of pyridine rings is 1. The average Bonchev–Trinajstić information content (AvgIpc) is 2.78. The molecule has 4 rings (SSSR count). The summed E-state index contributed by atoms with van der Waals surface area (Å²) in [7, 11) is 0. The predicted molar refractivity (Wildman–Crippen MR) is 118 cm³/mol. The molecule has 0 bridgehead atoms. The summed E-state index contributed by atoms with van der Waals surface area (Å²) in [5, 5.41) is 19.4. The van der Waals surface area contributed by atoms with Crippen molar-refractivity contribution >= 4 is 16.8 Å². The molecule has 2 aromatic carbocycles. The van der Waals surface area contributed by atoms with Gasteiger partial charge in [-0.05, 0) is 35.2 Å².